The van der Waals surface area contributed by atoms with Crippen molar-refractivity contribution in [3.8, 4) is 0 Å². The van der Waals surface area contributed by atoms with Gasteiger partial charge in [-0.15, -0.1) is 13.2 Å². The van der Waals surface area contributed by atoms with Crippen LogP contribution in [0, 0.1) is 17.8 Å². The number of hydrogen-bond acceptors (Lipinski definition) is 6. The Hall–Kier alpha value is -2.68. The molecule has 38 heavy (non-hydrogen) atoms. The van der Waals surface area contributed by atoms with Gasteiger partial charge in [-0.05, 0) is 62.8 Å². The van der Waals surface area contributed by atoms with E-state index in [2.05, 4.69) is 13.2 Å². The van der Waals surface area contributed by atoms with Gasteiger partial charge in [-0.2, -0.15) is 0 Å². The van der Waals surface area contributed by atoms with Crippen molar-refractivity contribution in [1.82, 2.24) is 4.90 Å². The molecule has 2 amide bonds. The molecule has 3 heterocycles. The number of likely N-dealkylation sites (tertiary alicyclic amines) is 1. The lowest BCUT2D eigenvalue weighted by Crippen LogP contribution is -2.57. The third-order valence-electron chi connectivity index (χ3n) is 8.41. The van der Waals surface area contributed by atoms with E-state index in [9.17, 15) is 19.5 Å². The number of rotatable bonds is 12. The Labute approximate surface area is 229 Å². The summed E-state index contributed by atoms with van der Waals surface area (Å²) in [5.41, 5.74) is -1.57. The highest BCUT2D eigenvalue weighted by atomic mass is 35.5. The van der Waals surface area contributed by atoms with Gasteiger partial charge in [0.2, 0.25) is 5.91 Å². The van der Waals surface area contributed by atoms with Gasteiger partial charge in [0.15, 0.2) is 0 Å². The first-order chi connectivity index (χ1) is 18.2. The van der Waals surface area contributed by atoms with Crippen molar-refractivity contribution in [2.24, 2.45) is 17.8 Å². The quantitative estimate of drug-likeness (QED) is 0.244. The molecule has 9 heteroatoms. The van der Waals surface area contributed by atoms with Crippen LogP contribution in [0.5, 0.6) is 0 Å². The second-order valence-electron chi connectivity index (χ2n) is 10.6. The van der Waals surface area contributed by atoms with Gasteiger partial charge in [-0.25, -0.2) is 0 Å². The highest BCUT2D eigenvalue weighted by Gasteiger charge is 2.80. The van der Waals surface area contributed by atoms with Crippen LogP contribution in [-0.4, -0.2) is 71.3 Å². The zero-order valence-corrected chi connectivity index (χ0v) is 22.9. The highest BCUT2D eigenvalue weighted by Crippen LogP contribution is 2.65. The summed E-state index contributed by atoms with van der Waals surface area (Å²) >= 11 is 6.07. The number of carbonyl (C=O) groups excluding carboxylic acids is 3. The maximum Gasteiger partial charge on any atom is 0.312 e. The van der Waals surface area contributed by atoms with E-state index >= 15 is 0 Å². The fourth-order valence-corrected chi connectivity index (χ4v) is 6.72. The Balaban J connectivity index is 1.71. The molecule has 8 nitrogen and oxygen atoms in total. The molecule has 3 unspecified atom stereocenters. The zero-order chi connectivity index (χ0) is 27.7. The zero-order valence-electron chi connectivity index (χ0n) is 22.1. The summed E-state index contributed by atoms with van der Waals surface area (Å²) < 4.78 is 12.3. The summed E-state index contributed by atoms with van der Waals surface area (Å²) in [5, 5.41) is 10.4. The van der Waals surface area contributed by atoms with Gasteiger partial charge in [0, 0.05) is 23.8 Å². The van der Waals surface area contributed by atoms with E-state index in [0.29, 0.717) is 23.6 Å². The Kier molecular flexibility index (Phi) is 8.35. The topological polar surface area (TPSA) is 96.4 Å². The number of anilines is 1. The summed E-state index contributed by atoms with van der Waals surface area (Å²) in [5.74, 6) is -3.02. The van der Waals surface area contributed by atoms with Gasteiger partial charge >= 0.3 is 5.97 Å². The monoisotopic (exact) mass is 544 g/mol. The maximum absolute atomic E-state index is 14.3. The van der Waals surface area contributed by atoms with Crippen LogP contribution in [0.25, 0.3) is 0 Å². The van der Waals surface area contributed by atoms with Crippen LogP contribution >= 0.6 is 11.6 Å². The second-order valence-corrected chi connectivity index (χ2v) is 11.1. The van der Waals surface area contributed by atoms with E-state index in [-0.39, 0.29) is 44.0 Å². The molecule has 1 N–H and O–H groups in total. The van der Waals surface area contributed by atoms with Gasteiger partial charge in [0.1, 0.15) is 17.6 Å². The standard InChI is InChI=1S/C29H37ClN2O6/c1-5-7-8-9-17-37-27(36)23-22-25(34)32(15-16-33)24(29(22)18-19(3)28(23,4)38-29)26(35)31(14-6-2)21-12-10-20(30)11-13-21/h5-6,10-13,19,22-24,33H,1-2,7-9,14-18H2,3-4H3/t19?,22-,23-,24?,28+,29?/m0/s1. The molecule has 1 spiro atoms. The summed E-state index contributed by atoms with van der Waals surface area (Å²) in [4.78, 5) is 44.6. The van der Waals surface area contributed by atoms with Crippen molar-refractivity contribution in [3.63, 3.8) is 0 Å². The van der Waals surface area contributed by atoms with E-state index < -0.39 is 35.0 Å². The predicted molar refractivity (Wildman–Crippen MR) is 145 cm³/mol. The molecule has 1 aromatic rings. The average Bonchev–Trinajstić information content (AvgIpc) is 3.39. The molecule has 206 valence electrons. The van der Waals surface area contributed by atoms with Crippen molar-refractivity contribution >= 4 is 35.1 Å². The number of halogens is 1. The third-order valence-corrected chi connectivity index (χ3v) is 8.66. The number of hydrogen-bond donors (Lipinski definition) is 1. The Morgan fingerprint density at radius 1 is 1.26 bits per heavy atom. The fourth-order valence-electron chi connectivity index (χ4n) is 6.60. The first-order valence-electron chi connectivity index (χ1n) is 13.2. The molecule has 3 aliphatic heterocycles. The number of nitrogens with zero attached hydrogens (tertiary/aromatic N) is 2. The lowest BCUT2D eigenvalue weighted by molar-refractivity contribution is -0.161. The summed E-state index contributed by atoms with van der Waals surface area (Å²) in [6.45, 7) is 11.4. The molecule has 0 radical (unpaired) electrons. The summed E-state index contributed by atoms with van der Waals surface area (Å²) in [6.07, 6.45) is 6.24. The molecule has 0 aliphatic carbocycles. The van der Waals surface area contributed by atoms with Gasteiger partial charge in [-0.1, -0.05) is 30.7 Å². The van der Waals surface area contributed by atoms with Crippen LogP contribution in [0.15, 0.2) is 49.6 Å². The van der Waals surface area contributed by atoms with E-state index in [1.165, 1.54) is 9.80 Å². The first kappa shape index (κ1) is 28.3. The smallest absolute Gasteiger partial charge is 0.312 e. The molecule has 3 fully saturated rings. The third kappa shape index (κ3) is 4.56. The number of β-amino-alcohol motifs (C(OH)–C–C–N with tert-alkyl or cyclic N) is 1. The lowest BCUT2D eigenvalue weighted by Gasteiger charge is -2.37. The van der Waals surface area contributed by atoms with E-state index in [1.54, 1.807) is 30.3 Å². The van der Waals surface area contributed by atoms with Crippen LogP contribution in [0.3, 0.4) is 0 Å². The minimum atomic E-state index is -1.21. The number of aliphatic hydroxyl groups excluding tert-OH is 1. The van der Waals surface area contributed by atoms with Gasteiger partial charge in [-0.3, -0.25) is 14.4 Å². The van der Waals surface area contributed by atoms with Crippen LogP contribution in [0.4, 0.5) is 5.69 Å². The van der Waals surface area contributed by atoms with Crippen molar-refractivity contribution in [2.75, 3.05) is 31.2 Å². The van der Waals surface area contributed by atoms with Gasteiger partial charge in [0.05, 0.1) is 24.7 Å². The minimum absolute atomic E-state index is 0.0478. The molecule has 4 rings (SSSR count). The van der Waals surface area contributed by atoms with Crippen LogP contribution in [-0.2, 0) is 23.9 Å². The van der Waals surface area contributed by atoms with Crippen LogP contribution in [0.2, 0.25) is 5.02 Å². The predicted octanol–water partition coefficient (Wildman–Crippen LogP) is 3.76. The van der Waals surface area contributed by atoms with E-state index in [4.69, 9.17) is 21.1 Å². The summed E-state index contributed by atoms with van der Waals surface area (Å²) in [6, 6.07) is 5.82. The van der Waals surface area contributed by atoms with Crippen LogP contribution in [0.1, 0.15) is 39.5 Å². The number of fused-ring (bicyclic) bond motifs is 1. The Morgan fingerprint density at radius 2 is 1.97 bits per heavy atom. The number of unbranched alkanes of at least 4 members (excludes halogenated alkanes) is 2. The second kappa shape index (κ2) is 11.2. The normalized spacial score (nSPS) is 31.3. The summed E-state index contributed by atoms with van der Waals surface area (Å²) in [7, 11) is 0. The number of carbonyl (C=O) groups is 3. The number of ether oxygens (including phenoxy) is 2. The largest absolute Gasteiger partial charge is 0.465 e. The minimum Gasteiger partial charge on any atom is -0.465 e. The molecule has 0 aromatic heterocycles. The molecular weight excluding hydrogens is 508 g/mol. The molecule has 1 aromatic carbocycles. The molecule has 3 aliphatic rings. The number of amides is 2. The Morgan fingerprint density at radius 3 is 2.61 bits per heavy atom. The van der Waals surface area contributed by atoms with Crippen molar-refractivity contribution in [3.05, 3.63) is 54.6 Å². The molecular formula is C29H37ClN2O6. The molecule has 2 bridgehead atoms. The maximum atomic E-state index is 14.3. The number of benzene rings is 1. The van der Waals surface area contributed by atoms with E-state index in [1.807, 2.05) is 19.9 Å². The first-order valence-corrected chi connectivity index (χ1v) is 13.6. The van der Waals surface area contributed by atoms with Gasteiger partial charge < -0.3 is 24.4 Å². The Bertz CT molecular complexity index is 1090. The SMILES string of the molecule is C=CCCCCOC(=O)[C@@H]1[C@H]2C(=O)N(CCO)C(C(=O)N(CC=C)c3ccc(Cl)cc3)C23CC(C)[C@@]1(C)O3. The molecule has 3 saturated heterocycles. The number of esters is 1. The van der Waals surface area contributed by atoms with E-state index in [0.717, 1.165) is 12.8 Å². The fraction of sp³-hybridized carbons (Fsp3) is 0.552. The van der Waals surface area contributed by atoms with Crippen molar-refractivity contribution in [1.29, 1.82) is 0 Å². The molecule has 0 saturated carbocycles. The lowest BCUT2D eigenvalue weighted by atomic mass is 9.62. The van der Waals surface area contributed by atoms with Crippen molar-refractivity contribution in [2.45, 2.75) is 56.8 Å². The average molecular weight is 545 g/mol. The molecule has 6 atom stereocenters. The number of allylic oxidation sites excluding steroid dienone is 1. The number of aliphatic hydroxyl groups is 1. The van der Waals surface area contributed by atoms with Gasteiger partial charge in [0.25, 0.3) is 5.91 Å². The van der Waals surface area contributed by atoms with Crippen molar-refractivity contribution < 1.29 is 29.0 Å². The van der Waals surface area contributed by atoms with Crippen LogP contribution < -0.4 is 4.90 Å². The highest BCUT2D eigenvalue weighted by molar-refractivity contribution is 6.30.